The van der Waals surface area contributed by atoms with Crippen LogP contribution in [0.2, 0.25) is 0 Å². The van der Waals surface area contributed by atoms with Crippen molar-refractivity contribution >= 4 is 0 Å². The van der Waals surface area contributed by atoms with Crippen molar-refractivity contribution in [1.82, 2.24) is 5.32 Å². The molecule has 1 aromatic rings. The average Bonchev–Trinajstić information content (AvgIpc) is 2.47. The third-order valence-electron chi connectivity index (χ3n) is 3.06. The molecule has 0 aliphatic carbocycles. The second kappa shape index (κ2) is 7.40. The maximum absolute atomic E-state index is 13.1. The van der Waals surface area contributed by atoms with Crippen LogP contribution in [0.4, 0.5) is 8.78 Å². The number of nitrogens with one attached hydrogen (secondary N) is 1. The van der Waals surface area contributed by atoms with Gasteiger partial charge in [0, 0.05) is 6.04 Å². The SMILES string of the molecule is CCC(NCC(F)(F)CO)c1ccc(OC)c(OC)c1. The molecule has 1 rings (SSSR count). The van der Waals surface area contributed by atoms with Gasteiger partial charge in [0.1, 0.15) is 6.61 Å². The van der Waals surface area contributed by atoms with Gasteiger partial charge in [-0.1, -0.05) is 13.0 Å². The highest BCUT2D eigenvalue weighted by molar-refractivity contribution is 5.43. The minimum atomic E-state index is -3.12. The van der Waals surface area contributed by atoms with Crippen molar-refractivity contribution in [2.45, 2.75) is 25.3 Å². The fourth-order valence-electron chi connectivity index (χ4n) is 1.90. The first-order valence-electron chi connectivity index (χ1n) is 6.41. The molecule has 1 atom stereocenters. The van der Waals surface area contributed by atoms with Crippen molar-refractivity contribution in [3.63, 3.8) is 0 Å². The lowest BCUT2D eigenvalue weighted by Crippen LogP contribution is -2.37. The van der Waals surface area contributed by atoms with Gasteiger partial charge in [0.25, 0.3) is 5.92 Å². The zero-order valence-corrected chi connectivity index (χ0v) is 12.0. The predicted molar refractivity (Wildman–Crippen MR) is 72.6 cm³/mol. The summed E-state index contributed by atoms with van der Waals surface area (Å²) < 4.78 is 36.5. The minimum Gasteiger partial charge on any atom is -0.493 e. The highest BCUT2D eigenvalue weighted by Crippen LogP contribution is 2.31. The molecule has 1 aromatic carbocycles. The van der Waals surface area contributed by atoms with E-state index in [4.69, 9.17) is 14.6 Å². The molecular formula is C14H21F2NO3. The zero-order chi connectivity index (χ0) is 15.2. The Bertz CT molecular complexity index is 427. The number of aliphatic hydroxyl groups is 1. The summed E-state index contributed by atoms with van der Waals surface area (Å²) in [7, 11) is 3.06. The third-order valence-corrected chi connectivity index (χ3v) is 3.06. The van der Waals surface area contributed by atoms with Gasteiger partial charge in [-0.25, -0.2) is 8.78 Å². The molecule has 0 amide bonds. The topological polar surface area (TPSA) is 50.7 Å². The van der Waals surface area contributed by atoms with E-state index in [9.17, 15) is 8.78 Å². The van der Waals surface area contributed by atoms with Crippen LogP contribution in [0.15, 0.2) is 18.2 Å². The van der Waals surface area contributed by atoms with Crippen LogP contribution in [-0.4, -0.2) is 38.4 Å². The quantitative estimate of drug-likeness (QED) is 0.771. The molecule has 0 aliphatic heterocycles. The number of aliphatic hydroxyl groups excluding tert-OH is 1. The van der Waals surface area contributed by atoms with Crippen LogP contribution in [0.5, 0.6) is 11.5 Å². The largest absolute Gasteiger partial charge is 0.493 e. The predicted octanol–water partition coefficient (Wildman–Crippen LogP) is 2.37. The summed E-state index contributed by atoms with van der Waals surface area (Å²) >= 11 is 0. The molecule has 0 fully saturated rings. The molecule has 20 heavy (non-hydrogen) atoms. The van der Waals surface area contributed by atoms with Gasteiger partial charge in [-0.3, -0.25) is 0 Å². The zero-order valence-electron chi connectivity index (χ0n) is 12.0. The smallest absolute Gasteiger partial charge is 0.282 e. The van der Waals surface area contributed by atoms with E-state index in [-0.39, 0.29) is 6.04 Å². The number of hydrogen-bond donors (Lipinski definition) is 2. The number of ether oxygens (including phenoxy) is 2. The Labute approximate surface area is 117 Å². The molecule has 0 spiro atoms. The van der Waals surface area contributed by atoms with Crippen molar-refractivity contribution < 1.29 is 23.4 Å². The summed E-state index contributed by atoms with van der Waals surface area (Å²) in [4.78, 5) is 0. The number of hydrogen-bond acceptors (Lipinski definition) is 4. The Hall–Kier alpha value is -1.40. The Morgan fingerprint density at radius 3 is 2.40 bits per heavy atom. The van der Waals surface area contributed by atoms with Crippen molar-refractivity contribution in [1.29, 1.82) is 0 Å². The molecule has 0 saturated carbocycles. The van der Waals surface area contributed by atoms with Crippen molar-refractivity contribution in [2.75, 3.05) is 27.4 Å². The third kappa shape index (κ3) is 4.31. The number of halogens is 2. The van der Waals surface area contributed by atoms with E-state index in [1.165, 1.54) is 14.2 Å². The maximum atomic E-state index is 13.1. The molecule has 0 aliphatic rings. The average molecular weight is 289 g/mol. The summed E-state index contributed by atoms with van der Waals surface area (Å²) in [5, 5.41) is 11.3. The van der Waals surface area contributed by atoms with Crippen LogP contribution in [0, 0.1) is 0 Å². The second-order valence-electron chi connectivity index (χ2n) is 4.47. The molecule has 0 bridgehead atoms. The van der Waals surface area contributed by atoms with Gasteiger partial charge in [0.15, 0.2) is 11.5 Å². The molecule has 0 heterocycles. The normalized spacial score (nSPS) is 13.1. The first kappa shape index (κ1) is 16.7. The van der Waals surface area contributed by atoms with Gasteiger partial charge < -0.3 is 19.9 Å². The van der Waals surface area contributed by atoms with Crippen LogP contribution in [0.3, 0.4) is 0 Å². The Morgan fingerprint density at radius 2 is 1.90 bits per heavy atom. The van der Waals surface area contributed by atoms with E-state index < -0.39 is 19.1 Å². The lowest BCUT2D eigenvalue weighted by molar-refractivity contribution is -0.0494. The lowest BCUT2D eigenvalue weighted by Gasteiger charge is -2.22. The van der Waals surface area contributed by atoms with Crippen LogP contribution >= 0.6 is 0 Å². The first-order valence-corrected chi connectivity index (χ1v) is 6.41. The molecule has 0 radical (unpaired) electrons. The fourth-order valence-corrected chi connectivity index (χ4v) is 1.90. The summed E-state index contributed by atoms with van der Waals surface area (Å²) in [6.45, 7) is 0.157. The molecule has 6 heteroatoms. The van der Waals surface area contributed by atoms with Crippen molar-refractivity contribution in [3.05, 3.63) is 23.8 Å². The maximum Gasteiger partial charge on any atom is 0.282 e. The van der Waals surface area contributed by atoms with E-state index in [2.05, 4.69) is 5.32 Å². The highest BCUT2D eigenvalue weighted by Gasteiger charge is 2.28. The number of methoxy groups -OCH3 is 2. The Kier molecular flexibility index (Phi) is 6.16. The minimum absolute atomic E-state index is 0.243. The molecule has 4 nitrogen and oxygen atoms in total. The van der Waals surface area contributed by atoms with Crippen molar-refractivity contribution in [2.24, 2.45) is 0 Å². The van der Waals surface area contributed by atoms with Gasteiger partial charge >= 0.3 is 0 Å². The van der Waals surface area contributed by atoms with Gasteiger partial charge in [-0.15, -0.1) is 0 Å². The molecule has 1 unspecified atom stereocenters. The van der Waals surface area contributed by atoms with Crippen molar-refractivity contribution in [3.8, 4) is 11.5 Å². The fraction of sp³-hybridized carbons (Fsp3) is 0.571. The molecule has 114 valence electrons. The molecular weight excluding hydrogens is 268 g/mol. The van der Waals surface area contributed by atoms with E-state index in [0.717, 1.165) is 5.56 Å². The highest BCUT2D eigenvalue weighted by atomic mass is 19.3. The summed E-state index contributed by atoms with van der Waals surface area (Å²) in [6, 6.07) is 5.06. The van der Waals surface area contributed by atoms with E-state index in [1.807, 2.05) is 6.92 Å². The summed E-state index contributed by atoms with van der Waals surface area (Å²) in [5.74, 6) is -1.98. The molecule has 2 N–H and O–H groups in total. The molecule has 0 aromatic heterocycles. The standard InChI is InChI=1S/C14H21F2NO3/c1-4-11(17-8-14(15,16)9-18)10-5-6-12(19-2)13(7-10)20-3/h5-7,11,17-18H,4,8-9H2,1-3H3. The van der Waals surface area contributed by atoms with Crippen LogP contribution in [0.1, 0.15) is 24.9 Å². The van der Waals surface area contributed by atoms with Crippen LogP contribution in [-0.2, 0) is 0 Å². The van der Waals surface area contributed by atoms with Crippen LogP contribution < -0.4 is 14.8 Å². The van der Waals surface area contributed by atoms with Gasteiger partial charge in [0.2, 0.25) is 0 Å². The monoisotopic (exact) mass is 289 g/mol. The number of rotatable bonds is 8. The first-order chi connectivity index (χ1) is 9.47. The van der Waals surface area contributed by atoms with Gasteiger partial charge in [-0.2, -0.15) is 0 Å². The Balaban J connectivity index is 2.84. The van der Waals surface area contributed by atoms with E-state index in [1.54, 1.807) is 18.2 Å². The number of alkyl halides is 2. The van der Waals surface area contributed by atoms with E-state index >= 15 is 0 Å². The Morgan fingerprint density at radius 1 is 1.25 bits per heavy atom. The molecule has 0 saturated heterocycles. The van der Waals surface area contributed by atoms with E-state index in [0.29, 0.717) is 17.9 Å². The number of benzene rings is 1. The van der Waals surface area contributed by atoms with Gasteiger partial charge in [-0.05, 0) is 24.1 Å². The summed E-state index contributed by atoms with van der Waals surface area (Å²) in [6.07, 6.45) is 0.636. The lowest BCUT2D eigenvalue weighted by atomic mass is 10.0. The van der Waals surface area contributed by atoms with Crippen LogP contribution in [0.25, 0.3) is 0 Å². The van der Waals surface area contributed by atoms with Gasteiger partial charge in [0.05, 0.1) is 20.8 Å². The summed E-state index contributed by atoms with van der Waals surface area (Å²) in [5.41, 5.74) is 0.832. The second-order valence-corrected chi connectivity index (χ2v) is 4.47.